The fourth-order valence-corrected chi connectivity index (χ4v) is 2.55. The highest BCUT2D eigenvalue weighted by Crippen LogP contribution is 2.22. The molecule has 0 aliphatic heterocycles. The van der Waals surface area contributed by atoms with E-state index >= 15 is 0 Å². The number of nitrogens with one attached hydrogen (secondary N) is 1. The first-order valence-electron chi connectivity index (χ1n) is 6.51. The number of unbranched alkanes of at least 4 members (excludes halogenated alkanes) is 1. The quantitative estimate of drug-likeness (QED) is 0.762. The highest BCUT2D eigenvalue weighted by molar-refractivity contribution is 7.09. The van der Waals surface area contributed by atoms with Gasteiger partial charge < -0.3 is 5.32 Å². The first-order chi connectivity index (χ1) is 8.44. The van der Waals surface area contributed by atoms with Crippen LogP contribution in [0.1, 0.15) is 56.8 Å². The van der Waals surface area contributed by atoms with Crippen molar-refractivity contribution in [3.63, 3.8) is 0 Å². The molecule has 1 unspecified atom stereocenters. The Morgan fingerprint density at radius 3 is 2.78 bits per heavy atom. The third-order valence-electron chi connectivity index (χ3n) is 2.99. The van der Waals surface area contributed by atoms with Crippen LogP contribution < -0.4 is 5.32 Å². The largest absolute Gasteiger partial charge is 0.308 e. The maximum absolute atomic E-state index is 8.92. The fourth-order valence-electron chi connectivity index (χ4n) is 1.72. The molecule has 1 N–H and O–H groups in total. The van der Waals surface area contributed by atoms with E-state index in [1.807, 2.05) is 20.8 Å². The van der Waals surface area contributed by atoms with Gasteiger partial charge in [0.15, 0.2) is 0 Å². The van der Waals surface area contributed by atoms with E-state index in [9.17, 15) is 0 Å². The normalized spacial score (nSPS) is 13.3. The van der Waals surface area contributed by atoms with Gasteiger partial charge >= 0.3 is 0 Å². The van der Waals surface area contributed by atoms with Crippen LogP contribution in [0.3, 0.4) is 0 Å². The van der Waals surface area contributed by atoms with Crippen LogP contribution in [0.2, 0.25) is 0 Å². The Bertz CT molecular complexity index is 403. The Morgan fingerprint density at radius 2 is 2.22 bits per heavy atom. The van der Waals surface area contributed by atoms with E-state index in [4.69, 9.17) is 5.26 Å². The molecule has 0 aliphatic rings. The summed E-state index contributed by atoms with van der Waals surface area (Å²) < 4.78 is 0. The lowest BCUT2D eigenvalue weighted by molar-refractivity contribution is 0.417. The van der Waals surface area contributed by atoms with Gasteiger partial charge in [0.05, 0.1) is 17.5 Å². The first-order valence-corrected chi connectivity index (χ1v) is 7.39. The zero-order valence-electron chi connectivity index (χ0n) is 11.8. The molecule has 0 radical (unpaired) electrons. The summed E-state index contributed by atoms with van der Waals surface area (Å²) in [5.41, 5.74) is 0.914. The molecule has 1 heterocycles. The Balaban J connectivity index is 2.17. The van der Waals surface area contributed by atoms with Crippen LogP contribution in [-0.4, -0.2) is 11.5 Å². The van der Waals surface area contributed by atoms with E-state index < -0.39 is 0 Å². The number of nitrogens with zero attached hydrogens (tertiary/aromatic N) is 2. The summed E-state index contributed by atoms with van der Waals surface area (Å²) >= 11 is 1.71. The lowest BCUT2D eigenvalue weighted by Gasteiger charge is -2.15. The van der Waals surface area contributed by atoms with Crippen molar-refractivity contribution < 1.29 is 0 Å². The number of nitriles is 1. The van der Waals surface area contributed by atoms with Crippen LogP contribution in [0.4, 0.5) is 0 Å². The van der Waals surface area contributed by atoms with Gasteiger partial charge in [0.2, 0.25) is 0 Å². The molecule has 100 valence electrons. The monoisotopic (exact) mass is 265 g/mol. The Labute approximate surface area is 114 Å². The van der Waals surface area contributed by atoms with E-state index in [2.05, 4.69) is 28.7 Å². The highest BCUT2D eigenvalue weighted by Gasteiger charge is 2.15. The van der Waals surface area contributed by atoms with Gasteiger partial charge in [-0.2, -0.15) is 5.26 Å². The molecule has 0 saturated heterocycles. The molecule has 0 spiro atoms. The SMILES string of the molecule is Cc1csc(C(C)NCCCCC(C)(C)C#N)n1. The Morgan fingerprint density at radius 1 is 1.50 bits per heavy atom. The second-order valence-electron chi connectivity index (χ2n) is 5.46. The standard InChI is InChI=1S/C14H23N3S/c1-11-9-18-13(17-11)12(2)16-8-6-5-7-14(3,4)10-15/h9,12,16H,5-8H2,1-4H3. The molecule has 0 amide bonds. The predicted octanol–water partition coefficient (Wildman–Crippen LogP) is 3.82. The van der Waals surface area contributed by atoms with Crippen LogP contribution in [0.5, 0.6) is 0 Å². The topological polar surface area (TPSA) is 48.7 Å². The van der Waals surface area contributed by atoms with Crippen LogP contribution in [0, 0.1) is 23.7 Å². The smallest absolute Gasteiger partial charge is 0.110 e. The van der Waals surface area contributed by atoms with Crippen molar-refractivity contribution in [1.29, 1.82) is 5.26 Å². The van der Waals surface area contributed by atoms with Crippen molar-refractivity contribution in [3.8, 4) is 6.07 Å². The molecule has 18 heavy (non-hydrogen) atoms. The van der Waals surface area contributed by atoms with Crippen molar-refractivity contribution in [2.24, 2.45) is 5.41 Å². The summed E-state index contributed by atoms with van der Waals surface area (Å²) in [5.74, 6) is 0. The maximum Gasteiger partial charge on any atom is 0.110 e. The Kier molecular flexibility index (Phi) is 5.77. The van der Waals surface area contributed by atoms with E-state index in [1.165, 1.54) is 0 Å². The van der Waals surface area contributed by atoms with Gasteiger partial charge in [-0.15, -0.1) is 11.3 Å². The van der Waals surface area contributed by atoms with Gasteiger partial charge in [-0.1, -0.05) is 6.42 Å². The minimum absolute atomic E-state index is 0.183. The molecular weight excluding hydrogens is 242 g/mol. The first kappa shape index (κ1) is 15.1. The van der Waals surface area contributed by atoms with Crippen LogP contribution >= 0.6 is 11.3 Å². The molecule has 4 heteroatoms. The minimum Gasteiger partial charge on any atom is -0.308 e. The molecule has 0 fully saturated rings. The number of hydrogen-bond acceptors (Lipinski definition) is 4. The van der Waals surface area contributed by atoms with Crippen molar-refractivity contribution in [3.05, 3.63) is 16.1 Å². The van der Waals surface area contributed by atoms with Crippen molar-refractivity contribution in [1.82, 2.24) is 10.3 Å². The van der Waals surface area contributed by atoms with E-state index in [0.29, 0.717) is 6.04 Å². The molecular formula is C14H23N3S. The highest BCUT2D eigenvalue weighted by atomic mass is 32.1. The molecule has 1 aromatic heterocycles. The van der Waals surface area contributed by atoms with E-state index in [1.54, 1.807) is 11.3 Å². The van der Waals surface area contributed by atoms with Gasteiger partial charge in [0.1, 0.15) is 5.01 Å². The van der Waals surface area contributed by atoms with E-state index in [-0.39, 0.29) is 5.41 Å². The second kappa shape index (κ2) is 6.86. The summed E-state index contributed by atoms with van der Waals surface area (Å²) in [6.45, 7) is 9.16. The second-order valence-corrected chi connectivity index (χ2v) is 6.35. The summed E-state index contributed by atoms with van der Waals surface area (Å²) in [4.78, 5) is 4.47. The predicted molar refractivity (Wildman–Crippen MR) is 76.5 cm³/mol. The van der Waals surface area contributed by atoms with Gasteiger partial charge in [0, 0.05) is 11.1 Å². The summed E-state index contributed by atoms with van der Waals surface area (Å²) in [6, 6.07) is 2.67. The molecule has 1 rings (SSSR count). The number of aryl methyl sites for hydroxylation is 1. The zero-order chi connectivity index (χ0) is 13.6. The maximum atomic E-state index is 8.92. The fraction of sp³-hybridized carbons (Fsp3) is 0.714. The van der Waals surface area contributed by atoms with Crippen LogP contribution in [-0.2, 0) is 0 Å². The third kappa shape index (κ3) is 5.16. The molecule has 0 saturated carbocycles. The third-order valence-corrected chi connectivity index (χ3v) is 4.13. The molecule has 1 atom stereocenters. The summed E-state index contributed by atoms with van der Waals surface area (Å²) in [6.07, 6.45) is 3.17. The zero-order valence-corrected chi connectivity index (χ0v) is 12.6. The lowest BCUT2D eigenvalue weighted by atomic mass is 9.89. The van der Waals surface area contributed by atoms with Gasteiger partial charge in [-0.3, -0.25) is 0 Å². The van der Waals surface area contributed by atoms with Crippen molar-refractivity contribution in [2.75, 3.05) is 6.54 Å². The average Bonchev–Trinajstić information content (AvgIpc) is 2.75. The Hall–Kier alpha value is -0.920. The molecule has 0 aromatic carbocycles. The molecule has 0 bridgehead atoms. The summed E-state index contributed by atoms with van der Waals surface area (Å²) in [5, 5.41) is 15.6. The van der Waals surface area contributed by atoms with Gasteiger partial charge in [-0.25, -0.2) is 4.98 Å². The summed E-state index contributed by atoms with van der Waals surface area (Å²) in [7, 11) is 0. The average molecular weight is 265 g/mol. The van der Waals surface area contributed by atoms with Crippen LogP contribution in [0.25, 0.3) is 0 Å². The number of thiazole rings is 1. The molecule has 3 nitrogen and oxygen atoms in total. The lowest BCUT2D eigenvalue weighted by Crippen LogP contribution is -2.20. The number of aromatic nitrogens is 1. The molecule has 0 aliphatic carbocycles. The van der Waals surface area contributed by atoms with Crippen molar-refractivity contribution in [2.45, 2.75) is 53.0 Å². The number of rotatable bonds is 7. The number of hydrogen-bond donors (Lipinski definition) is 1. The van der Waals surface area contributed by atoms with Crippen molar-refractivity contribution >= 4 is 11.3 Å². The molecule has 1 aromatic rings. The van der Waals surface area contributed by atoms with E-state index in [0.717, 1.165) is 36.5 Å². The van der Waals surface area contributed by atoms with Gasteiger partial charge in [-0.05, 0) is 47.1 Å². The minimum atomic E-state index is -0.183. The van der Waals surface area contributed by atoms with Gasteiger partial charge in [0.25, 0.3) is 0 Å². The van der Waals surface area contributed by atoms with Crippen LogP contribution in [0.15, 0.2) is 5.38 Å².